The van der Waals surface area contributed by atoms with Crippen molar-refractivity contribution in [2.45, 2.75) is 46.1 Å². The van der Waals surface area contributed by atoms with E-state index < -0.39 is 0 Å². The minimum Gasteiger partial charge on any atom is -0.345 e. The highest BCUT2D eigenvalue weighted by Gasteiger charge is 2.40. The Morgan fingerprint density at radius 2 is 2.18 bits per heavy atom. The summed E-state index contributed by atoms with van der Waals surface area (Å²) in [5.41, 5.74) is 2.66. The molecule has 0 unspecified atom stereocenters. The molecule has 122 valence electrons. The van der Waals surface area contributed by atoms with Crippen LogP contribution in [-0.4, -0.2) is 52.3 Å². The molecule has 2 amide bonds. The fourth-order valence-corrected chi connectivity index (χ4v) is 3.55. The van der Waals surface area contributed by atoms with Crippen LogP contribution in [0.1, 0.15) is 37.8 Å². The topological polar surface area (TPSA) is 53.5 Å². The van der Waals surface area contributed by atoms with Crippen LogP contribution < -0.4 is 0 Å². The van der Waals surface area contributed by atoms with E-state index in [4.69, 9.17) is 0 Å². The molecule has 0 bridgehead atoms. The van der Waals surface area contributed by atoms with E-state index in [1.807, 2.05) is 45.2 Å². The summed E-state index contributed by atoms with van der Waals surface area (Å²) in [6, 6.07) is 0. The Hall–Kier alpha value is -1.43. The Labute approximate surface area is 136 Å². The molecule has 6 heteroatoms. The molecule has 0 saturated carbocycles. The number of amides is 2. The highest BCUT2D eigenvalue weighted by Crippen LogP contribution is 2.27. The number of aryl methyl sites for hydroxylation is 1. The van der Waals surface area contributed by atoms with Gasteiger partial charge in [-0.3, -0.25) is 9.59 Å². The minimum absolute atomic E-state index is 0.0715. The summed E-state index contributed by atoms with van der Waals surface area (Å²) in [7, 11) is 1.82. The van der Waals surface area contributed by atoms with Gasteiger partial charge in [0.05, 0.1) is 17.1 Å². The summed E-state index contributed by atoms with van der Waals surface area (Å²) >= 11 is 1.63. The number of rotatable bonds is 4. The summed E-state index contributed by atoms with van der Waals surface area (Å²) in [4.78, 5) is 33.7. The summed E-state index contributed by atoms with van der Waals surface area (Å²) in [6.07, 6.45) is 1.16. The first-order valence-electron chi connectivity index (χ1n) is 7.64. The Morgan fingerprint density at radius 3 is 2.68 bits per heavy atom. The third-order valence-electron chi connectivity index (χ3n) is 4.18. The van der Waals surface area contributed by atoms with Crippen molar-refractivity contribution in [2.75, 3.05) is 20.1 Å². The first kappa shape index (κ1) is 16.9. The van der Waals surface area contributed by atoms with E-state index in [1.54, 1.807) is 16.2 Å². The molecule has 1 aromatic heterocycles. The molecule has 0 N–H and O–H groups in total. The second-order valence-electron chi connectivity index (χ2n) is 6.95. The summed E-state index contributed by atoms with van der Waals surface area (Å²) < 4.78 is 0. The van der Waals surface area contributed by atoms with E-state index in [0.717, 1.165) is 12.1 Å². The predicted molar refractivity (Wildman–Crippen MR) is 87.8 cm³/mol. The third kappa shape index (κ3) is 3.66. The van der Waals surface area contributed by atoms with Gasteiger partial charge in [-0.1, -0.05) is 0 Å². The Morgan fingerprint density at radius 1 is 1.50 bits per heavy atom. The fourth-order valence-electron chi connectivity index (χ4n) is 2.78. The number of aromatic nitrogens is 1. The lowest BCUT2D eigenvalue weighted by Crippen LogP contribution is -2.43. The lowest BCUT2D eigenvalue weighted by molar-refractivity contribution is -0.134. The van der Waals surface area contributed by atoms with Crippen molar-refractivity contribution < 1.29 is 9.59 Å². The summed E-state index contributed by atoms with van der Waals surface area (Å²) in [6.45, 7) is 9.22. The molecule has 1 aromatic rings. The number of likely N-dealkylation sites (tertiary alicyclic amines) is 1. The number of likely N-dealkylation sites (N-methyl/N-ethyl adjacent to an activating group) is 1. The van der Waals surface area contributed by atoms with E-state index in [0.29, 0.717) is 19.5 Å². The van der Waals surface area contributed by atoms with E-state index in [2.05, 4.69) is 4.98 Å². The van der Waals surface area contributed by atoms with Crippen molar-refractivity contribution in [3.8, 4) is 0 Å². The molecule has 1 aliphatic heterocycles. The van der Waals surface area contributed by atoms with Crippen molar-refractivity contribution in [1.82, 2.24) is 14.8 Å². The molecule has 0 radical (unpaired) electrons. The highest BCUT2D eigenvalue weighted by molar-refractivity contribution is 7.09. The zero-order valence-corrected chi connectivity index (χ0v) is 14.9. The van der Waals surface area contributed by atoms with Crippen molar-refractivity contribution in [1.29, 1.82) is 0 Å². The number of carbonyl (C=O) groups is 2. The van der Waals surface area contributed by atoms with Gasteiger partial charge in [0.15, 0.2) is 0 Å². The lowest BCUT2D eigenvalue weighted by Gasteiger charge is -2.32. The van der Waals surface area contributed by atoms with Gasteiger partial charge in [-0.15, -0.1) is 11.3 Å². The first-order chi connectivity index (χ1) is 10.2. The first-order valence-corrected chi connectivity index (χ1v) is 8.52. The maximum Gasteiger partial charge on any atom is 0.227 e. The molecule has 1 atom stereocenters. The molecule has 0 aromatic carbocycles. The second kappa shape index (κ2) is 6.36. The maximum absolute atomic E-state index is 12.5. The molecule has 0 aliphatic carbocycles. The Kier molecular flexibility index (Phi) is 4.90. The average molecular weight is 323 g/mol. The van der Waals surface area contributed by atoms with Gasteiger partial charge >= 0.3 is 0 Å². The van der Waals surface area contributed by atoms with E-state index in [9.17, 15) is 9.59 Å². The average Bonchev–Trinajstić information content (AvgIpc) is 3.00. The van der Waals surface area contributed by atoms with Crippen LogP contribution in [0.2, 0.25) is 0 Å². The van der Waals surface area contributed by atoms with Crippen LogP contribution in [0.4, 0.5) is 0 Å². The van der Waals surface area contributed by atoms with Crippen LogP contribution in [0.15, 0.2) is 5.51 Å². The highest BCUT2D eigenvalue weighted by atomic mass is 32.1. The predicted octanol–water partition coefficient (Wildman–Crippen LogP) is 2.10. The maximum atomic E-state index is 12.5. The molecule has 1 saturated heterocycles. The van der Waals surface area contributed by atoms with E-state index >= 15 is 0 Å². The largest absolute Gasteiger partial charge is 0.345 e. The molecular weight excluding hydrogens is 298 g/mol. The van der Waals surface area contributed by atoms with E-state index in [1.165, 1.54) is 4.88 Å². The van der Waals surface area contributed by atoms with Crippen LogP contribution in [0.3, 0.4) is 0 Å². The molecule has 22 heavy (non-hydrogen) atoms. The van der Waals surface area contributed by atoms with Crippen molar-refractivity contribution in [2.24, 2.45) is 5.92 Å². The molecule has 2 rings (SSSR count). The fraction of sp³-hybridized carbons (Fsp3) is 0.688. The van der Waals surface area contributed by atoms with Crippen LogP contribution >= 0.6 is 11.3 Å². The Balaban J connectivity index is 1.91. The molecule has 1 fully saturated rings. The normalized spacial score (nSPS) is 18.9. The van der Waals surface area contributed by atoms with E-state index in [-0.39, 0.29) is 23.3 Å². The van der Waals surface area contributed by atoms with Crippen LogP contribution in [0, 0.1) is 12.8 Å². The van der Waals surface area contributed by atoms with Gasteiger partial charge in [0.1, 0.15) is 0 Å². The number of nitrogens with zero attached hydrogens (tertiary/aromatic N) is 3. The van der Waals surface area contributed by atoms with Gasteiger partial charge in [0.25, 0.3) is 0 Å². The summed E-state index contributed by atoms with van der Waals surface area (Å²) in [5.74, 6) is -0.0564. The molecular formula is C16H25N3O2S. The van der Waals surface area contributed by atoms with Gasteiger partial charge in [0, 0.05) is 43.4 Å². The van der Waals surface area contributed by atoms with Crippen LogP contribution in [-0.2, 0) is 16.0 Å². The number of carbonyl (C=O) groups excluding carboxylic acids is 2. The smallest absolute Gasteiger partial charge is 0.227 e. The van der Waals surface area contributed by atoms with Gasteiger partial charge in [0.2, 0.25) is 11.8 Å². The molecule has 1 aliphatic rings. The van der Waals surface area contributed by atoms with Crippen molar-refractivity contribution >= 4 is 23.2 Å². The number of hydrogen-bond donors (Lipinski definition) is 0. The van der Waals surface area contributed by atoms with Crippen LogP contribution in [0.5, 0.6) is 0 Å². The van der Waals surface area contributed by atoms with Gasteiger partial charge in [-0.05, 0) is 27.7 Å². The monoisotopic (exact) mass is 323 g/mol. The minimum atomic E-state index is -0.218. The molecule has 5 nitrogen and oxygen atoms in total. The van der Waals surface area contributed by atoms with Crippen LogP contribution in [0.25, 0.3) is 0 Å². The molecule has 0 spiro atoms. The van der Waals surface area contributed by atoms with Gasteiger partial charge < -0.3 is 9.80 Å². The SMILES string of the molecule is Cc1ncsc1CCN(C)C(=O)[C@H]1CC(=O)N(C(C)(C)C)C1. The van der Waals surface area contributed by atoms with Gasteiger partial charge in [-0.2, -0.15) is 0 Å². The zero-order valence-electron chi connectivity index (χ0n) is 14.0. The Bertz CT molecular complexity index is 562. The lowest BCUT2D eigenvalue weighted by atomic mass is 10.1. The van der Waals surface area contributed by atoms with Crippen molar-refractivity contribution in [3.63, 3.8) is 0 Å². The second-order valence-corrected chi connectivity index (χ2v) is 7.89. The van der Waals surface area contributed by atoms with Gasteiger partial charge in [-0.25, -0.2) is 4.98 Å². The zero-order chi connectivity index (χ0) is 16.5. The quantitative estimate of drug-likeness (QED) is 0.852. The summed E-state index contributed by atoms with van der Waals surface area (Å²) in [5, 5.41) is 0. The standard InChI is InChI=1S/C16H25N3O2S/c1-11-13(22-10-17-11)6-7-18(5)15(21)12-8-14(20)19(9-12)16(2,3)4/h10,12H,6-9H2,1-5H3/t12-/m0/s1. The molecule has 2 heterocycles. The number of thiazole rings is 1. The third-order valence-corrected chi connectivity index (χ3v) is 5.17. The number of hydrogen-bond acceptors (Lipinski definition) is 4. The van der Waals surface area contributed by atoms with Crippen molar-refractivity contribution in [3.05, 3.63) is 16.1 Å².